The van der Waals surface area contributed by atoms with Crippen LogP contribution in [-0.4, -0.2) is 37.0 Å². The second-order valence-corrected chi connectivity index (χ2v) is 8.33. The first kappa shape index (κ1) is 19.2. The number of carbonyl (C=O) groups is 1. The summed E-state index contributed by atoms with van der Waals surface area (Å²) in [4.78, 5) is 15.9. The standard InChI is InChI=1S/C24H30N2O2/c1-26-16-18-12-14-24(26,15-13-18)22(19-8-4-3-5-9-19)25-23(27)21-11-7-6-10-20(21)17-28-2/h3-11,18,22H,12-17H2,1-2H3,(H,25,27)/t18?,22-,24?/m1/s1. The third kappa shape index (κ3) is 3.47. The molecule has 2 aromatic carbocycles. The molecule has 4 nitrogen and oxygen atoms in total. The van der Waals surface area contributed by atoms with Gasteiger partial charge in [-0.05, 0) is 55.8 Å². The van der Waals surface area contributed by atoms with Gasteiger partial charge in [0.05, 0.1) is 12.6 Å². The molecule has 148 valence electrons. The van der Waals surface area contributed by atoms with Gasteiger partial charge in [0.25, 0.3) is 5.91 Å². The number of methoxy groups -OCH3 is 1. The number of amides is 1. The van der Waals surface area contributed by atoms with Gasteiger partial charge in [0.1, 0.15) is 0 Å². The number of nitrogens with one attached hydrogen (secondary N) is 1. The van der Waals surface area contributed by atoms with Gasteiger partial charge in [-0.2, -0.15) is 0 Å². The molecule has 1 N–H and O–H groups in total. The van der Waals surface area contributed by atoms with Crippen molar-refractivity contribution in [2.24, 2.45) is 5.92 Å². The number of benzene rings is 2. The lowest BCUT2D eigenvalue weighted by atomic mass is 9.65. The van der Waals surface area contributed by atoms with Crippen LogP contribution in [0.5, 0.6) is 0 Å². The Hall–Kier alpha value is -2.17. The minimum atomic E-state index is -0.0250. The summed E-state index contributed by atoms with van der Waals surface area (Å²) in [5, 5.41) is 3.43. The molecule has 0 aromatic heterocycles. The number of hydrogen-bond donors (Lipinski definition) is 1. The minimum absolute atomic E-state index is 0.0119. The van der Waals surface area contributed by atoms with Crippen molar-refractivity contribution < 1.29 is 9.53 Å². The van der Waals surface area contributed by atoms with Crippen LogP contribution in [0.15, 0.2) is 54.6 Å². The van der Waals surface area contributed by atoms with E-state index in [4.69, 9.17) is 4.74 Å². The first-order valence-corrected chi connectivity index (χ1v) is 10.3. The first-order valence-electron chi connectivity index (χ1n) is 10.3. The summed E-state index contributed by atoms with van der Waals surface area (Å²) in [7, 11) is 3.89. The number of likely N-dealkylation sites (N-methyl/N-ethyl adjacent to an activating group) is 1. The van der Waals surface area contributed by atoms with E-state index in [2.05, 4.69) is 41.5 Å². The Bertz CT molecular complexity index is 812. The van der Waals surface area contributed by atoms with Crippen molar-refractivity contribution >= 4 is 5.91 Å². The number of fused-ring (bicyclic) bond motifs is 3. The van der Waals surface area contributed by atoms with Crippen LogP contribution in [0.4, 0.5) is 0 Å². The van der Waals surface area contributed by atoms with Crippen molar-refractivity contribution in [2.45, 2.75) is 43.9 Å². The molecule has 2 heterocycles. The molecule has 4 heteroatoms. The van der Waals surface area contributed by atoms with Crippen LogP contribution in [0.25, 0.3) is 0 Å². The summed E-state index contributed by atoms with van der Waals surface area (Å²) in [5.41, 5.74) is 2.80. The van der Waals surface area contributed by atoms with Crippen LogP contribution in [0, 0.1) is 5.92 Å². The van der Waals surface area contributed by atoms with Crippen LogP contribution < -0.4 is 5.32 Å². The van der Waals surface area contributed by atoms with Gasteiger partial charge < -0.3 is 10.1 Å². The lowest BCUT2D eigenvalue weighted by molar-refractivity contribution is -0.0404. The molecule has 28 heavy (non-hydrogen) atoms. The van der Waals surface area contributed by atoms with Gasteiger partial charge in [-0.25, -0.2) is 0 Å². The molecule has 5 rings (SSSR count). The van der Waals surface area contributed by atoms with E-state index in [1.165, 1.54) is 18.4 Å². The van der Waals surface area contributed by atoms with Gasteiger partial charge in [-0.15, -0.1) is 0 Å². The fourth-order valence-corrected chi connectivity index (χ4v) is 5.23. The maximum absolute atomic E-state index is 13.4. The lowest BCUT2D eigenvalue weighted by Crippen LogP contribution is -2.62. The van der Waals surface area contributed by atoms with Crippen molar-refractivity contribution in [3.8, 4) is 0 Å². The van der Waals surface area contributed by atoms with E-state index in [1.54, 1.807) is 7.11 Å². The molecule has 3 aliphatic rings. The first-order chi connectivity index (χ1) is 13.6. The van der Waals surface area contributed by atoms with Crippen LogP contribution >= 0.6 is 0 Å². The molecule has 3 fully saturated rings. The summed E-state index contributed by atoms with van der Waals surface area (Å²) >= 11 is 0. The molecule has 2 aliphatic heterocycles. The maximum atomic E-state index is 13.4. The highest BCUT2D eigenvalue weighted by Crippen LogP contribution is 2.49. The Morgan fingerprint density at radius 1 is 1.14 bits per heavy atom. The van der Waals surface area contributed by atoms with Gasteiger partial charge in [0, 0.05) is 24.8 Å². The summed E-state index contributed by atoms with van der Waals surface area (Å²) < 4.78 is 5.30. The fourth-order valence-electron chi connectivity index (χ4n) is 5.23. The van der Waals surface area contributed by atoms with Gasteiger partial charge in [0.2, 0.25) is 0 Å². The number of piperidine rings is 2. The molecule has 0 radical (unpaired) electrons. The number of nitrogens with zero attached hydrogens (tertiary/aromatic N) is 1. The van der Waals surface area contributed by atoms with Gasteiger partial charge in [-0.3, -0.25) is 9.69 Å². The quantitative estimate of drug-likeness (QED) is 0.820. The minimum Gasteiger partial charge on any atom is -0.380 e. The molecular formula is C24H30N2O2. The Balaban J connectivity index is 1.68. The van der Waals surface area contributed by atoms with Crippen molar-refractivity contribution in [3.05, 3.63) is 71.3 Å². The third-order valence-corrected chi connectivity index (χ3v) is 6.77. The molecule has 2 aromatic rings. The fraction of sp³-hybridized carbons (Fsp3) is 0.458. The number of rotatable bonds is 6. The largest absolute Gasteiger partial charge is 0.380 e. The van der Waals surface area contributed by atoms with Crippen molar-refractivity contribution in [2.75, 3.05) is 20.7 Å². The number of carbonyl (C=O) groups excluding carboxylic acids is 1. The second kappa shape index (κ2) is 8.06. The van der Waals surface area contributed by atoms with E-state index < -0.39 is 0 Å². The van der Waals surface area contributed by atoms with Crippen LogP contribution in [-0.2, 0) is 11.3 Å². The zero-order chi connectivity index (χ0) is 19.6. The number of hydrogen-bond acceptors (Lipinski definition) is 3. The van der Waals surface area contributed by atoms with E-state index >= 15 is 0 Å². The Kier molecular flexibility index (Phi) is 5.51. The van der Waals surface area contributed by atoms with Gasteiger partial charge >= 0.3 is 0 Å². The van der Waals surface area contributed by atoms with Crippen molar-refractivity contribution in [1.82, 2.24) is 10.2 Å². The lowest BCUT2D eigenvalue weighted by Gasteiger charge is -2.57. The number of ether oxygens (including phenoxy) is 1. The molecule has 1 atom stereocenters. The predicted molar refractivity (Wildman–Crippen MR) is 111 cm³/mol. The molecule has 1 saturated carbocycles. The molecular weight excluding hydrogens is 348 g/mol. The topological polar surface area (TPSA) is 41.6 Å². The molecule has 1 aliphatic carbocycles. The van der Waals surface area contributed by atoms with E-state index in [9.17, 15) is 4.79 Å². The predicted octanol–water partition coefficient (Wildman–Crippen LogP) is 4.18. The van der Waals surface area contributed by atoms with E-state index in [-0.39, 0.29) is 17.5 Å². The summed E-state index contributed by atoms with van der Waals surface area (Å²) in [6.07, 6.45) is 4.77. The normalized spacial score (nSPS) is 25.4. The monoisotopic (exact) mass is 378 g/mol. The van der Waals surface area contributed by atoms with E-state index in [0.29, 0.717) is 12.2 Å². The van der Waals surface area contributed by atoms with Gasteiger partial charge in [-0.1, -0.05) is 48.5 Å². The third-order valence-electron chi connectivity index (χ3n) is 6.77. The van der Waals surface area contributed by atoms with Crippen LogP contribution in [0.2, 0.25) is 0 Å². The Morgan fingerprint density at radius 2 is 1.82 bits per heavy atom. The summed E-state index contributed by atoms with van der Waals surface area (Å²) in [6.45, 7) is 1.56. The molecule has 2 bridgehead atoms. The van der Waals surface area contributed by atoms with Crippen LogP contribution in [0.1, 0.15) is 53.2 Å². The SMILES string of the molecule is COCc1ccccc1C(=O)N[C@H](c1ccccc1)C12CCC(CC1)CN2C. The zero-order valence-corrected chi connectivity index (χ0v) is 16.9. The van der Waals surface area contributed by atoms with Crippen molar-refractivity contribution in [1.29, 1.82) is 0 Å². The highest BCUT2D eigenvalue weighted by atomic mass is 16.5. The highest BCUT2D eigenvalue weighted by molar-refractivity contribution is 5.96. The Morgan fingerprint density at radius 3 is 2.50 bits per heavy atom. The average molecular weight is 379 g/mol. The van der Waals surface area contributed by atoms with E-state index in [1.807, 2.05) is 30.3 Å². The molecule has 2 saturated heterocycles. The molecule has 1 amide bonds. The summed E-state index contributed by atoms with van der Waals surface area (Å²) in [5.74, 6) is 0.790. The molecule has 0 spiro atoms. The zero-order valence-electron chi connectivity index (χ0n) is 16.9. The van der Waals surface area contributed by atoms with Crippen LogP contribution in [0.3, 0.4) is 0 Å². The highest BCUT2D eigenvalue weighted by Gasteiger charge is 2.50. The smallest absolute Gasteiger partial charge is 0.252 e. The average Bonchev–Trinajstić information content (AvgIpc) is 2.74. The maximum Gasteiger partial charge on any atom is 0.252 e. The Labute approximate surface area is 167 Å². The molecule has 0 unspecified atom stereocenters. The van der Waals surface area contributed by atoms with E-state index in [0.717, 1.165) is 30.9 Å². The van der Waals surface area contributed by atoms with Crippen molar-refractivity contribution in [3.63, 3.8) is 0 Å². The second-order valence-electron chi connectivity index (χ2n) is 8.33. The summed E-state index contributed by atoms with van der Waals surface area (Å²) in [6, 6.07) is 18.2. The van der Waals surface area contributed by atoms with Gasteiger partial charge in [0.15, 0.2) is 0 Å².